The minimum atomic E-state index is -1.17. The lowest BCUT2D eigenvalue weighted by atomic mass is 10.1. The van der Waals surface area contributed by atoms with Gasteiger partial charge in [0.05, 0.1) is 28.6 Å². The monoisotopic (exact) mass is 473 g/mol. The van der Waals surface area contributed by atoms with E-state index in [0.717, 1.165) is 10.9 Å². The molecule has 1 unspecified atom stereocenters. The van der Waals surface area contributed by atoms with E-state index in [0.29, 0.717) is 10.7 Å². The fourth-order valence-electron chi connectivity index (χ4n) is 2.30. The number of aliphatic hydroxyl groups is 2. The van der Waals surface area contributed by atoms with E-state index in [1.54, 1.807) is 18.2 Å². The van der Waals surface area contributed by atoms with Crippen molar-refractivity contribution in [2.24, 2.45) is 0 Å². The van der Waals surface area contributed by atoms with Crippen molar-refractivity contribution in [1.82, 2.24) is 10.5 Å². The van der Waals surface area contributed by atoms with Crippen molar-refractivity contribution in [2.75, 3.05) is 18.5 Å². The highest BCUT2D eigenvalue weighted by atomic mass is 79.9. The summed E-state index contributed by atoms with van der Waals surface area (Å²) in [6.07, 6.45) is -0.118. The van der Waals surface area contributed by atoms with Crippen LogP contribution in [0, 0.1) is 5.82 Å². The summed E-state index contributed by atoms with van der Waals surface area (Å²) in [7, 11) is 0. The Morgan fingerprint density at radius 2 is 2.21 bits per heavy atom. The van der Waals surface area contributed by atoms with Crippen LogP contribution in [0.3, 0.4) is 0 Å². The number of carbonyl (C=O) groups is 1. The van der Waals surface area contributed by atoms with E-state index in [2.05, 4.69) is 31.7 Å². The van der Waals surface area contributed by atoms with Crippen molar-refractivity contribution < 1.29 is 28.7 Å². The van der Waals surface area contributed by atoms with Gasteiger partial charge in [0.25, 0.3) is 5.91 Å². The molecule has 148 valence electrons. The van der Waals surface area contributed by atoms with Crippen LogP contribution in [0.5, 0.6) is 0 Å². The van der Waals surface area contributed by atoms with Crippen molar-refractivity contribution in [1.29, 1.82) is 0 Å². The van der Waals surface area contributed by atoms with Gasteiger partial charge in [-0.05, 0) is 24.3 Å². The fourth-order valence-corrected chi connectivity index (χ4v) is 3.02. The molecule has 1 heterocycles. The molecule has 0 aliphatic rings. The lowest BCUT2D eigenvalue weighted by Gasteiger charge is -2.15. The predicted molar refractivity (Wildman–Crippen MR) is 103 cm³/mol. The van der Waals surface area contributed by atoms with Crippen LogP contribution >= 0.6 is 27.5 Å². The van der Waals surface area contributed by atoms with Gasteiger partial charge in [-0.1, -0.05) is 27.5 Å². The summed E-state index contributed by atoms with van der Waals surface area (Å²) < 4.78 is 20.8. The third-order valence-electron chi connectivity index (χ3n) is 3.65. The molecule has 1 aromatic heterocycles. The van der Waals surface area contributed by atoms with E-state index in [1.807, 2.05) is 0 Å². The standard InChI is InChI=1S/C17H14BrClFN3O5/c18-8-1-2-12(11(19)3-8)22-15-10(17(26)23-28-6-9(25)5-24)4-13-16(14(15)20)21-7-27-13/h1-4,7,9,22,24-25H,5-6H2,(H,23,26). The number of nitrogens with one attached hydrogen (secondary N) is 2. The minimum Gasteiger partial charge on any atom is -0.443 e. The SMILES string of the molecule is O=C(NOCC(O)CO)c1cc2ocnc2c(F)c1Nc1ccc(Br)cc1Cl. The second kappa shape index (κ2) is 8.84. The van der Waals surface area contributed by atoms with Crippen LogP contribution < -0.4 is 10.8 Å². The molecule has 1 amide bonds. The number of fused-ring (bicyclic) bond motifs is 1. The molecule has 11 heteroatoms. The van der Waals surface area contributed by atoms with Crippen molar-refractivity contribution in [3.05, 3.63) is 51.5 Å². The summed E-state index contributed by atoms with van der Waals surface area (Å²) in [4.78, 5) is 21.1. The lowest BCUT2D eigenvalue weighted by molar-refractivity contribution is -0.0295. The molecule has 1 atom stereocenters. The molecule has 3 aromatic rings. The number of halogens is 3. The third-order valence-corrected chi connectivity index (χ3v) is 4.46. The number of anilines is 2. The normalized spacial score (nSPS) is 12.2. The molecule has 3 rings (SSSR count). The van der Waals surface area contributed by atoms with Crippen LogP contribution in [0.4, 0.5) is 15.8 Å². The van der Waals surface area contributed by atoms with Crippen LogP contribution in [0.15, 0.2) is 39.5 Å². The molecule has 0 spiro atoms. The first-order valence-corrected chi connectivity index (χ1v) is 9.06. The summed E-state index contributed by atoms with van der Waals surface area (Å²) in [5.74, 6) is -1.62. The van der Waals surface area contributed by atoms with Gasteiger partial charge in [0, 0.05) is 4.47 Å². The van der Waals surface area contributed by atoms with E-state index in [9.17, 15) is 14.3 Å². The largest absolute Gasteiger partial charge is 0.443 e. The van der Waals surface area contributed by atoms with E-state index in [4.69, 9.17) is 26.0 Å². The Morgan fingerprint density at radius 1 is 1.43 bits per heavy atom. The maximum atomic E-state index is 15.0. The van der Waals surface area contributed by atoms with Crippen LogP contribution in [0.1, 0.15) is 10.4 Å². The number of carbonyl (C=O) groups excluding carboxylic acids is 1. The Morgan fingerprint density at radius 3 is 2.93 bits per heavy atom. The summed E-state index contributed by atoms with van der Waals surface area (Å²) in [5.41, 5.74) is 2.11. The van der Waals surface area contributed by atoms with Crippen LogP contribution in [0.25, 0.3) is 11.1 Å². The minimum absolute atomic E-state index is 0.0606. The average Bonchev–Trinajstić information content (AvgIpc) is 3.14. The van der Waals surface area contributed by atoms with Gasteiger partial charge in [0.2, 0.25) is 0 Å². The summed E-state index contributed by atoms with van der Waals surface area (Å²) >= 11 is 9.45. The Balaban J connectivity index is 1.96. The molecule has 0 saturated heterocycles. The smallest absolute Gasteiger partial charge is 0.277 e. The van der Waals surface area contributed by atoms with Gasteiger partial charge >= 0.3 is 0 Å². The molecule has 0 bridgehead atoms. The Bertz CT molecular complexity index is 1020. The first-order valence-electron chi connectivity index (χ1n) is 7.89. The van der Waals surface area contributed by atoms with Gasteiger partial charge in [-0.3, -0.25) is 9.63 Å². The van der Waals surface area contributed by atoms with Crippen molar-refractivity contribution in [3.63, 3.8) is 0 Å². The number of hydroxylamine groups is 1. The second-order valence-electron chi connectivity index (χ2n) is 5.64. The number of hydrogen-bond acceptors (Lipinski definition) is 7. The van der Waals surface area contributed by atoms with Crippen LogP contribution in [0.2, 0.25) is 5.02 Å². The van der Waals surface area contributed by atoms with Gasteiger partial charge in [0.15, 0.2) is 17.8 Å². The molecule has 28 heavy (non-hydrogen) atoms. The van der Waals surface area contributed by atoms with E-state index < -0.39 is 24.4 Å². The first kappa shape index (κ1) is 20.5. The topological polar surface area (TPSA) is 117 Å². The number of rotatable bonds is 7. The number of nitrogens with zero attached hydrogens (tertiary/aromatic N) is 1. The van der Waals surface area contributed by atoms with Crippen molar-refractivity contribution >= 4 is 55.9 Å². The van der Waals surface area contributed by atoms with E-state index in [1.165, 1.54) is 6.07 Å². The van der Waals surface area contributed by atoms with Crippen molar-refractivity contribution in [3.8, 4) is 0 Å². The number of aliphatic hydroxyl groups excluding tert-OH is 2. The molecule has 0 saturated carbocycles. The van der Waals surface area contributed by atoms with E-state index in [-0.39, 0.29) is 29.0 Å². The number of amides is 1. The van der Waals surface area contributed by atoms with Gasteiger partial charge in [0.1, 0.15) is 18.2 Å². The number of aromatic nitrogens is 1. The van der Waals surface area contributed by atoms with Crippen molar-refractivity contribution in [2.45, 2.75) is 6.10 Å². The highest BCUT2D eigenvalue weighted by Gasteiger charge is 2.22. The molecule has 0 aliphatic heterocycles. The third kappa shape index (κ3) is 4.42. The molecule has 8 nitrogen and oxygen atoms in total. The number of hydrogen-bond donors (Lipinski definition) is 4. The zero-order valence-electron chi connectivity index (χ0n) is 14.1. The first-order chi connectivity index (χ1) is 13.4. The zero-order chi connectivity index (χ0) is 20.3. The van der Waals surface area contributed by atoms with E-state index >= 15 is 0 Å². The molecular weight excluding hydrogens is 461 g/mol. The zero-order valence-corrected chi connectivity index (χ0v) is 16.4. The summed E-state index contributed by atoms with van der Waals surface area (Å²) in [6, 6.07) is 6.20. The van der Waals surface area contributed by atoms with Crippen LogP contribution in [-0.2, 0) is 4.84 Å². The Hall–Kier alpha value is -2.24. The van der Waals surface area contributed by atoms with Gasteiger partial charge < -0.3 is 19.9 Å². The molecule has 2 aromatic carbocycles. The number of benzene rings is 2. The van der Waals surface area contributed by atoms with Gasteiger partial charge in [-0.2, -0.15) is 0 Å². The molecule has 0 fully saturated rings. The van der Waals surface area contributed by atoms with Gasteiger partial charge in [-0.15, -0.1) is 0 Å². The quantitative estimate of drug-likeness (QED) is 0.389. The molecule has 0 radical (unpaired) electrons. The number of oxazole rings is 1. The lowest BCUT2D eigenvalue weighted by Crippen LogP contribution is -2.30. The summed E-state index contributed by atoms with van der Waals surface area (Å²) in [5, 5.41) is 21.1. The average molecular weight is 475 g/mol. The maximum Gasteiger partial charge on any atom is 0.277 e. The second-order valence-corrected chi connectivity index (χ2v) is 6.96. The Kier molecular flexibility index (Phi) is 6.47. The van der Waals surface area contributed by atoms with Crippen LogP contribution in [-0.4, -0.2) is 40.4 Å². The van der Waals surface area contributed by atoms with Gasteiger partial charge in [-0.25, -0.2) is 14.9 Å². The maximum absolute atomic E-state index is 15.0. The highest BCUT2D eigenvalue weighted by molar-refractivity contribution is 9.10. The fraction of sp³-hybridized carbons (Fsp3) is 0.176. The predicted octanol–water partition coefficient (Wildman–Crippen LogP) is 3.14. The Labute approximate surface area is 171 Å². The highest BCUT2D eigenvalue weighted by Crippen LogP contribution is 2.34. The summed E-state index contributed by atoms with van der Waals surface area (Å²) in [6.45, 7) is -0.889. The molecular formula is C17H14BrClFN3O5. The molecule has 0 aliphatic carbocycles. The molecule has 4 N–H and O–H groups in total.